The summed E-state index contributed by atoms with van der Waals surface area (Å²) >= 11 is 2.23. The summed E-state index contributed by atoms with van der Waals surface area (Å²) < 4.78 is 25.3. The molecule has 76 valence electrons. The van der Waals surface area contributed by atoms with Gasteiger partial charge in [-0.15, -0.1) is 0 Å². The molecular formula is C9H10INO2S. The van der Waals surface area contributed by atoms with Crippen LogP contribution in [0.25, 0.3) is 0 Å². The molecule has 0 radical (unpaired) electrons. The van der Waals surface area contributed by atoms with E-state index >= 15 is 0 Å². The van der Waals surface area contributed by atoms with Gasteiger partial charge < -0.3 is 0 Å². The Morgan fingerprint density at radius 3 is 2.57 bits per heavy atom. The first-order valence-corrected chi connectivity index (χ1v) is 7.12. The molecule has 0 saturated carbocycles. The molecule has 1 aromatic carbocycles. The molecule has 0 unspecified atom stereocenters. The summed E-state index contributed by atoms with van der Waals surface area (Å²) in [4.78, 5) is 0. The molecule has 14 heavy (non-hydrogen) atoms. The molecule has 1 aliphatic heterocycles. The minimum atomic E-state index is -3.05. The van der Waals surface area contributed by atoms with E-state index in [1.54, 1.807) is 0 Å². The van der Waals surface area contributed by atoms with E-state index in [9.17, 15) is 8.42 Å². The average molecular weight is 323 g/mol. The molecule has 0 aromatic heterocycles. The highest BCUT2D eigenvalue weighted by atomic mass is 127. The van der Waals surface area contributed by atoms with Gasteiger partial charge in [0.1, 0.15) is 0 Å². The van der Waals surface area contributed by atoms with Crippen molar-refractivity contribution in [1.29, 1.82) is 0 Å². The van der Waals surface area contributed by atoms with Gasteiger partial charge in [-0.25, -0.2) is 8.42 Å². The summed E-state index contributed by atoms with van der Waals surface area (Å²) in [6, 6.07) is 6.05. The van der Waals surface area contributed by atoms with Crippen molar-refractivity contribution in [3.8, 4) is 0 Å². The largest absolute Gasteiger partial charge is 0.212 e. The molecule has 0 aliphatic carbocycles. The summed E-state index contributed by atoms with van der Waals surface area (Å²) in [5.41, 5.74) is 2.25. The Balaban J connectivity index is 2.35. The number of rotatable bonds is 1. The second-order valence-corrected chi connectivity index (χ2v) is 6.67. The fraction of sp³-hybridized carbons (Fsp3) is 0.333. The molecule has 0 saturated heterocycles. The van der Waals surface area contributed by atoms with Crippen molar-refractivity contribution in [2.75, 3.05) is 6.26 Å². The maximum atomic E-state index is 11.3. The first-order valence-electron chi connectivity index (χ1n) is 4.19. The lowest BCUT2D eigenvalue weighted by Crippen LogP contribution is -2.23. The van der Waals surface area contributed by atoms with Crippen LogP contribution in [0.15, 0.2) is 18.2 Å². The van der Waals surface area contributed by atoms with E-state index in [0.29, 0.717) is 13.1 Å². The van der Waals surface area contributed by atoms with Crippen LogP contribution in [-0.2, 0) is 23.1 Å². The molecule has 2 rings (SSSR count). The topological polar surface area (TPSA) is 37.4 Å². The number of benzene rings is 1. The van der Waals surface area contributed by atoms with Gasteiger partial charge in [-0.1, -0.05) is 6.07 Å². The minimum Gasteiger partial charge on any atom is -0.212 e. The van der Waals surface area contributed by atoms with E-state index in [1.807, 2.05) is 18.2 Å². The molecule has 0 atom stereocenters. The molecular weight excluding hydrogens is 313 g/mol. The smallest absolute Gasteiger partial charge is 0.211 e. The predicted molar refractivity (Wildman–Crippen MR) is 63.2 cm³/mol. The molecule has 1 aromatic rings. The van der Waals surface area contributed by atoms with Gasteiger partial charge >= 0.3 is 0 Å². The zero-order valence-corrected chi connectivity index (χ0v) is 10.7. The van der Waals surface area contributed by atoms with Gasteiger partial charge in [-0.05, 0) is 45.9 Å². The van der Waals surface area contributed by atoms with Gasteiger partial charge in [0, 0.05) is 16.7 Å². The second-order valence-electron chi connectivity index (χ2n) is 3.44. The summed E-state index contributed by atoms with van der Waals surface area (Å²) in [6.07, 6.45) is 1.25. The van der Waals surface area contributed by atoms with Crippen LogP contribution in [0, 0.1) is 3.57 Å². The third-order valence-corrected chi connectivity index (χ3v) is 4.20. The lowest BCUT2D eigenvalue weighted by Gasteiger charge is -2.10. The molecule has 0 N–H and O–H groups in total. The van der Waals surface area contributed by atoms with Crippen molar-refractivity contribution in [3.63, 3.8) is 0 Å². The first-order chi connectivity index (χ1) is 6.47. The number of hydrogen-bond acceptors (Lipinski definition) is 2. The van der Waals surface area contributed by atoms with E-state index in [-0.39, 0.29) is 0 Å². The van der Waals surface area contributed by atoms with Gasteiger partial charge in [-0.2, -0.15) is 4.31 Å². The monoisotopic (exact) mass is 323 g/mol. The van der Waals surface area contributed by atoms with E-state index in [4.69, 9.17) is 0 Å². The number of fused-ring (bicyclic) bond motifs is 1. The normalized spacial score (nSPS) is 17.0. The zero-order valence-electron chi connectivity index (χ0n) is 7.70. The molecule has 3 nitrogen and oxygen atoms in total. The Morgan fingerprint density at radius 2 is 1.93 bits per heavy atom. The summed E-state index contributed by atoms with van der Waals surface area (Å²) in [7, 11) is -3.05. The van der Waals surface area contributed by atoms with Crippen LogP contribution in [0.4, 0.5) is 0 Å². The number of hydrogen-bond donors (Lipinski definition) is 0. The lowest BCUT2D eigenvalue weighted by atomic mass is 10.1. The molecule has 0 bridgehead atoms. The van der Waals surface area contributed by atoms with Crippen LogP contribution in [-0.4, -0.2) is 19.0 Å². The number of nitrogens with zero attached hydrogens (tertiary/aromatic N) is 1. The first kappa shape index (κ1) is 10.4. The van der Waals surface area contributed by atoms with Crippen molar-refractivity contribution in [3.05, 3.63) is 32.9 Å². The SMILES string of the molecule is CS(=O)(=O)N1Cc2ccc(I)cc2C1. The Hall–Kier alpha value is -0.140. The van der Waals surface area contributed by atoms with Crippen LogP contribution in [0.1, 0.15) is 11.1 Å². The van der Waals surface area contributed by atoms with Crippen molar-refractivity contribution in [2.24, 2.45) is 0 Å². The van der Waals surface area contributed by atoms with Crippen LogP contribution in [0.2, 0.25) is 0 Å². The van der Waals surface area contributed by atoms with Crippen LogP contribution in [0.5, 0.6) is 0 Å². The summed E-state index contributed by atoms with van der Waals surface area (Å²) in [5, 5.41) is 0. The van der Waals surface area contributed by atoms with Crippen LogP contribution in [0.3, 0.4) is 0 Å². The Labute approximate surface area is 97.3 Å². The van der Waals surface area contributed by atoms with E-state index in [2.05, 4.69) is 22.6 Å². The maximum absolute atomic E-state index is 11.3. The predicted octanol–water partition coefficient (Wildman–Crippen LogP) is 1.57. The Bertz CT molecular complexity index is 470. The van der Waals surface area contributed by atoms with Crippen LogP contribution < -0.4 is 0 Å². The lowest BCUT2D eigenvalue weighted by molar-refractivity contribution is 0.436. The zero-order chi connectivity index (χ0) is 10.3. The summed E-state index contributed by atoms with van der Waals surface area (Å²) in [6.45, 7) is 1.04. The van der Waals surface area contributed by atoms with E-state index in [0.717, 1.165) is 14.7 Å². The molecule has 0 spiro atoms. The fourth-order valence-electron chi connectivity index (χ4n) is 1.57. The van der Waals surface area contributed by atoms with Crippen molar-refractivity contribution >= 4 is 32.6 Å². The van der Waals surface area contributed by atoms with Crippen molar-refractivity contribution < 1.29 is 8.42 Å². The van der Waals surface area contributed by atoms with Gasteiger partial charge in [0.25, 0.3) is 0 Å². The fourth-order valence-corrected chi connectivity index (χ4v) is 2.87. The van der Waals surface area contributed by atoms with Gasteiger partial charge in [0.2, 0.25) is 10.0 Å². The highest BCUT2D eigenvalue weighted by Crippen LogP contribution is 2.25. The van der Waals surface area contributed by atoms with E-state index < -0.39 is 10.0 Å². The molecule has 0 amide bonds. The van der Waals surface area contributed by atoms with Gasteiger partial charge in [0.05, 0.1) is 6.26 Å². The maximum Gasteiger partial charge on any atom is 0.211 e. The quantitative estimate of drug-likeness (QED) is 0.736. The highest BCUT2D eigenvalue weighted by Gasteiger charge is 2.25. The molecule has 0 fully saturated rings. The standard InChI is InChI=1S/C9H10INO2S/c1-14(12,13)11-5-7-2-3-9(10)4-8(7)6-11/h2-4H,5-6H2,1H3. The highest BCUT2D eigenvalue weighted by molar-refractivity contribution is 14.1. The second kappa shape index (κ2) is 3.46. The Kier molecular flexibility index (Phi) is 2.57. The number of sulfonamides is 1. The molecule has 1 heterocycles. The minimum absolute atomic E-state index is 0.519. The van der Waals surface area contributed by atoms with Crippen molar-refractivity contribution in [2.45, 2.75) is 13.1 Å². The molecule has 1 aliphatic rings. The number of halogens is 1. The third kappa shape index (κ3) is 1.94. The Morgan fingerprint density at radius 1 is 1.29 bits per heavy atom. The third-order valence-electron chi connectivity index (χ3n) is 2.33. The van der Waals surface area contributed by atoms with Crippen molar-refractivity contribution in [1.82, 2.24) is 4.31 Å². The van der Waals surface area contributed by atoms with Gasteiger partial charge in [0.15, 0.2) is 0 Å². The van der Waals surface area contributed by atoms with Gasteiger partial charge in [-0.3, -0.25) is 0 Å². The summed E-state index contributed by atoms with van der Waals surface area (Å²) in [5.74, 6) is 0. The van der Waals surface area contributed by atoms with Crippen LogP contribution >= 0.6 is 22.6 Å². The van der Waals surface area contributed by atoms with E-state index in [1.165, 1.54) is 10.6 Å². The molecule has 5 heteroatoms. The average Bonchev–Trinajstić information content (AvgIpc) is 2.45.